The maximum atomic E-state index is 9.72. The Kier molecular flexibility index (Phi) is 2.59. The first-order valence-corrected chi connectivity index (χ1v) is 4.87. The molecule has 82 valence electrons. The first kappa shape index (κ1) is 10.6. The van der Waals surface area contributed by atoms with Crippen LogP contribution in [0.15, 0.2) is 18.7 Å². The van der Waals surface area contributed by atoms with E-state index in [1.807, 2.05) is 6.92 Å². The minimum absolute atomic E-state index is 0.195. The third kappa shape index (κ3) is 1.64. The average molecular weight is 216 g/mol. The summed E-state index contributed by atoms with van der Waals surface area (Å²) < 4.78 is 10.5. The summed E-state index contributed by atoms with van der Waals surface area (Å²) >= 11 is 0. The lowest BCUT2D eigenvalue weighted by Crippen LogP contribution is -1.98. The van der Waals surface area contributed by atoms with Crippen molar-refractivity contribution in [3.8, 4) is 23.8 Å². The van der Waals surface area contributed by atoms with E-state index in [2.05, 4.69) is 12.5 Å². The summed E-state index contributed by atoms with van der Waals surface area (Å²) in [5.74, 6) is 3.55. The van der Waals surface area contributed by atoms with E-state index < -0.39 is 6.10 Å². The zero-order valence-electron chi connectivity index (χ0n) is 8.99. The van der Waals surface area contributed by atoms with E-state index in [0.29, 0.717) is 17.1 Å². The van der Waals surface area contributed by atoms with E-state index >= 15 is 0 Å². The molecule has 2 rings (SSSR count). The van der Waals surface area contributed by atoms with Crippen molar-refractivity contribution >= 4 is 5.57 Å². The van der Waals surface area contributed by atoms with E-state index in [1.54, 1.807) is 12.1 Å². The highest BCUT2D eigenvalue weighted by Crippen LogP contribution is 2.38. The minimum atomic E-state index is -0.957. The monoisotopic (exact) mass is 216 g/mol. The number of aliphatic hydroxyl groups is 1. The van der Waals surface area contributed by atoms with Gasteiger partial charge in [0.2, 0.25) is 6.79 Å². The van der Waals surface area contributed by atoms with E-state index in [-0.39, 0.29) is 6.79 Å². The van der Waals surface area contributed by atoms with Crippen molar-refractivity contribution in [3.63, 3.8) is 0 Å². The predicted molar refractivity (Wildman–Crippen MR) is 61.1 cm³/mol. The highest BCUT2D eigenvalue weighted by molar-refractivity contribution is 5.69. The molecule has 1 aliphatic rings. The Labute approximate surface area is 94.3 Å². The molecule has 16 heavy (non-hydrogen) atoms. The van der Waals surface area contributed by atoms with Crippen LogP contribution in [0.4, 0.5) is 0 Å². The molecule has 1 N–H and O–H groups in total. The number of ether oxygens (including phenoxy) is 2. The Morgan fingerprint density at radius 3 is 2.69 bits per heavy atom. The van der Waals surface area contributed by atoms with Gasteiger partial charge in [0.15, 0.2) is 11.5 Å². The first-order chi connectivity index (χ1) is 7.63. The van der Waals surface area contributed by atoms with Gasteiger partial charge in [-0.3, -0.25) is 0 Å². The Balaban J connectivity index is 2.58. The Bertz CT molecular complexity index is 483. The van der Waals surface area contributed by atoms with Gasteiger partial charge in [0.1, 0.15) is 6.10 Å². The molecule has 0 saturated heterocycles. The van der Waals surface area contributed by atoms with Gasteiger partial charge >= 0.3 is 0 Å². The number of benzene rings is 1. The molecule has 1 heterocycles. The van der Waals surface area contributed by atoms with Crippen LogP contribution in [-0.4, -0.2) is 11.9 Å². The van der Waals surface area contributed by atoms with Gasteiger partial charge in [0.25, 0.3) is 0 Å². The molecular weight excluding hydrogens is 204 g/mol. The first-order valence-electron chi connectivity index (χ1n) is 4.87. The Hall–Kier alpha value is -1.92. The van der Waals surface area contributed by atoms with Crippen LogP contribution in [0, 0.1) is 12.3 Å². The lowest BCUT2D eigenvalue weighted by molar-refractivity contribution is 0.173. The number of hydrogen-bond donors (Lipinski definition) is 1. The molecule has 1 aromatic rings. The topological polar surface area (TPSA) is 38.7 Å². The van der Waals surface area contributed by atoms with Gasteiger partial charge in [-0.1, -0.05) is 18.1 Å². The third-order valence-electron chi connectivity index (χ3n) is 2.46. The van der Waals surface area contributed by atoms with Crippen LogP contribution in [0.2, 0.25) is 0 Å². The molecule has 0 aliphatic carbocycles. The second-order valence-corrected chi connectivity index (χ2v) is 3.64. The molecule has 0 bridgehead atoms. The van der Waals surface area contributed by atoms with Crippen molar-refractivity contribution in [2.45, 2.75) is 13.0 Å². The number of fused-ring (bicyclic) bond motifs is 1. The molecule has 1 atom stereocenters. The summed E-state index contributed by atoms with van der Waals surface area (Å²) in [6.45, 7) is 5.90. The van der Waals surface area contributed by atoms with Crippen LogP contribution in [-0.2, 0) is 0 Å². The van der Waals surface area contributed by atoms with Crippen molar-refractivity contribution < 1.29 is 14.6 Å². The quantitative estimate of drug-likeness (QED) is 0.769. The summed E-state index contributed by atoms with van der Waals surface area (Å²) in [5.41, 5.74) is 2.25. The molecule has 0 aromatic heterocycles. The van der Waals surface area contributed by atoms with Crippen molar-refractivity contribution in [1.29, 1.82) is 0 Å². The van der Waals surface area contributed by atoms with Gasteiger partial charge in [-0.05, 0) is 24.6 Å². The number of rotatable bonds is 2. The second kappa shape index (κ2) is 3.92. The summed E-state index contributed by atoms with van der Waals surface area (Å²) in [6, 6.07) is 3.50. The third-order valence-corrected chi connectivity index (χ3v) is 2.46. The molecule has 0 saturated carbocycles. The van der Waals surface area contributed by atoms with Gasteiger partial charge in [-0.25, -0.2) is 0 Å². The van der Waals surface area contributed by atoms with Gasteiger partial charge in [-0.2, -0.15) is 0 Å². The average Bonchev–Trinajstić information content (AvgIpc) is 2.73. The minimum Gasteiger partial charge on any atom is -0.454 e. The molecule has 0 amide bonds. The number of terminal acetylenes is 1. The van der Waals surface area contributed by atoms with Crippen molar-refractivity contribution in [3.05, 3.63) is 29.8 Å². The maximum absolute atomic E-state index is 9.72. The van der Waals surface area contributed by atoms with Crippen molar-refractivity contribution in [2.75, 3.05) is 6.79 Å². The fourth-order valence-corrected chi connectivity index (χ4v) is 1.64. The largest absolute Gasteiger partial charge is 0.454 e. The fraction of sp³-hybridized carbons (Fsp3) is 0.231. The van der Waals surface area contributed by atoms with E-state index in [4.69, 9.17) is 15.9 Å². The zero-order chi connectivity index (χ0) is 11.7. The van der Waals surface area contributed by atoms with Gasteiger partial charge < -0.3 is 14.6 Å². The molecule has 3 nitrogen and oxygen atoms in total. The van der Waals surface area contributed by atoms with E-state index in [9.17, 15) is 5.11 Å². The van der Waals surface area contributed by atoms with Crippen LogP contribution in [0.5, 0.6) is 11.5 Å². The number of hydrogen-bond acceptors (Lipinski definition) is 3. The smallest absolute Gasteiger partial charge is 0.231 e. The normalized spacial score (nSPS) is 14.3. The maximum Gasteiger partial charge on any atom is 0.231 e. The van der Waals surface area contributed by atoms with Crippen LogP contribution >= 0.6 is 0 Å². The number of allylic oxidation sites excluding steroid dienone is 1. The highest BCUT2D eigenvalue weighted by atomic mass is 16.7. The molecule has 0 fully saturated rings. The standard InChI is InChI=1S/C13H12O3/c1-4-11(14)10-6-13-12(15-7-16-13)5-9(10)8(2)3/h1,5-6,11,14H,2,7H2,3H3. The molecule has 1 unspecified atom stereocenters. The van der Waals surface area contributed by atoms with Gasteiger partial charge in [-0.15, -0.1) is 6.42 Å². The summed E-state index contributed by atoms with van der Waals surface area (Å²) in [6.07, 6.45) is 4.26. The lowest BCUT2D eigenvalue weighted by Gasteiger charge is -2.12. The zero-order valence-corrected chi connectivity index (χ0v) is 8.99. The van der Waals surface area contributed by atoms with Crippen LogP contribution in [0.1, 0.15) is 24.2 Å². The molecule has 1 aromatic carbocycles. The van der Waals surface area contributed by atoms with Crippen LogP contribution in [0.3, 0.4) is 0 Å². The molecular formula is C13H12O3. The summed E-state index contributed by atoms with van der Waals surface area (Å²) in [4.78, 5) is 0. The molecule has 3 heteroatoms. The SMILES string of the molecule is C#CC(O)c1cc2c(cc1C(=C)C)OCO2. The summed E-state index contributed by atoms with van der Waals surface area (Å²) in [7, 11) is 0. The Morgan fingerprint density at radius 1 is 1.50 bits per heavy atom. The lowest BCUT2D eigenvalue weighted by atomic mass is 9.97. The summed E-state index contributed by atoms with van der Waals surface area (Å²) in [5, 5.41) is 9.72. The predicted octanol–water partition coefficient (Wildman–Crippen LogP) is 2.12. The Morgan fingerprint density at radius 2 is 2.12 bits per heavy atom. The second-order valence-electron chi connectivity index (χ2n) is 3.64. The fourth-order valence-electron chi connectivity index (χ4n) is 1.64. The van der Waals surface area contributed by atoms with Gasteiger partial charge in [0.05, 0.1) is 0 Å². The van der Waals surface area contributed by atoms with Crippen LogP contribution in [0.25, 0.3) is 5.57 Å². The molecule has 0 spiro atoms. The van der Waals surface area contributed by atoms with E-state index in [1.165, 1.54) is 0 Å². The van der Waals surface area contributed by atoms with Crippen molar-refractivity contribution in [1.82, 2.24) is 0 Å². The number of aliphatic hydroxyl groups excluding tert-OH is 1. The van der Waals surface area contributed by atoms with Crippen LogP contribution < -0.4 is 9.47 Å². The van der Waals surface area contributed by atoms with Gasteiger partial charge in [0, 0.05) is 5.56 Å². The highest BCUT2D eigenvalue weighted by Gasteiger charge is 2.20. The van der Waals surface area contributed by atoms with Crippen molar-refractivity contribution in [2.24, 2.45) is 0 Å². The molecule has 0 radical (unpaired) electrons. The van der Waals surface area contributed by atoms with E-state index in [0.717, 1.165) is 11.1 Å². The molecule has 1 aliphatic heterocycles.